The number of aromatic nitrogens is 2. The summed E-state index contributed by atoms with van der Waals surface area (Å²) in [4.78, 5) is 20.3. The van der Waals surface area contributed by atoms with Gasteiger partial charge in [0.05, 0.1) is 4.92 Å². The normalized spacial score (nSPS) is 16.9. The van der Waals surface area contributed by atoms with Crippen LogP contribution in [0.3, 0.4) is 0 Å². The lowest BCUT2D eigenvalue weighted by Gasteiger charge is -2.32. The molecule has 0 saturated carbocycles. The standard InChI is InChI=1S/C15H17N5O2/c1-19(15-17-9-13(20(21)22)14(16)18-15)12-7-6-10-4-2-3-5-11(10)8-12/h2-5,9,12H,6-8H2,1H3,(H2,16,17,18). The minimum atomic E-state index is -0.573. The number of fused-ring (bicyclic) bond motifs is 1. The van der Waals surface area contributed by atoms with Crippen molar-refractivity contribution in [2.75, 3.05) is 17.7 Å². The Bertz CT molecular complexity index is 719. The van der Waals surface area contributed by atoms with Crippen LogP contribution in [0.5, 0.6) is 0 Å². The van der Waals surface area contributed by atoms with Crippen molar-refractivity contribution in [3.63, 3.8) is 0 Å². The number of nitro groups is 1. The highest BCUT2D eigenvalue weighted by Crippen LogP contribution is 2.27. The van der Waals surface area contributed by atoms with Gasteiger partial charge in [-0.25, -0.2) is 4.98 Å². The fraction of sp³-hybridized carbons (Fsp3) is 0.333. The summed E-state index contributed by atoms with van der Waals surface area (Å²) in [5.41, 5.74) is 8.11. The molecule has 0 aliphatic heterocycles. The first-order valence-corrected chi connectivity index (χ1v) is 7.13. The zero-order valence-corrected chi connectivity index (χ0v) is 12.3. The van der Waals surface area contributed by atoms with E-state index in [1.165, 1.54) is 17.3 Å². The van der Waals surface area contributed by atoms with Crippen LogP contribution in [0.4, 0.5) is 17.5 Å². The predicted octanol–water partition coefficient (Wildman–Crippen LogP) is 1.96. The zero-order valence-electron chi connectivity index (χ0n) is 12.3. The highest BCUT2D eigenvalue weighted by atomic mass is 16.6. The Balaban J connectivity index is 1.82. The second-order valence-corrected chi connectivity index (χ2v) is 5.47. The van der Waals surface area contributed by atoms with Crippen LogP contribution in [-0.2, 0) is 12.8 Å². The van der Waals surface area contributed by atoms with Crippen LogP contribution in [0.1, 0.15) is 17.5 Å². The lowest BCUT2D eigenvalue weighted by molar-refractivity contribution is -0.384. The van der Waals surface area contributed by atoms with E-state index >= 15 is 0 Å². The molecule has 1 aromatic heterocycles. The van der Waals surface area contributed by atoms with Gasteiger partial charge >= 0.3 is 5.69 Å². The maximum atomic E-state index is 10.8. The molecule has 0 bridgehead atoms. The van der Waals surface area contributed by atoms with Crippen molar-refractivity contribution < 1.29 is 4.92 Å². The highest BCUT2D eigenvalue weighted by molar-refractivity contribution is 5.54. The second-order valence-electron chi connectivity index (χ2n) is 5.47. The third-order valence-corrected chi connectivity index (χ3v) is 4.17. The Labute approximate surface area is 127 Å². The number of anilines is 2. The van der Waals surface area contributed by atoms with E-state index in [1.807, 2.05) is 18.0 Å². The third-order valence-electron chi connectivity index (χ3n) is 4.17. The Morgan fingerprint density at radius 3 is 2.77 bits per heavy atom. The van der Waals surface area contributed by atoms with E-state index in [-0.39, 0.29) is 17.5 Å². The van der Waals surface area contributed by atoms with Crippen LogP contribution in [0, 0.1) is 10.1 Å². The van der Waals surface area contributed by atoms with Crippen LogP contribution in [-0.4, -0.2) is 28.0 Å². The number of hydrogen-bond acceptors (Lipinski definition) is 6. The van der Waals surface area contributed by atoms with Crippen LogP contribution in [0.15, 0.2) is 30.5 Å². The van der Waals surface area contributed by atoms with Crippen LogP contribution in [0.25, 0.3) is 0 Å². The average molecular weight is 299 g/mol. The van der Waals surface area contributed by atoms with Crippen molar-refractivity contribution >= 4 is 17.5 Å². The van der Waals surface area contributed by atoms with E-state index in [2.05, 4.69) is 28.2 Å². The molecule has 7 heteroatoms. The maximum Gasteiger partial charge on any atom is 0.329 e. The van der Waals surface area contributed by atoms with Gasteiger partial charge in [-0.3, -0.25) is 10.1 Å². The first-order valence-electron chi connectivity index (χ1n) is 7.13. The molecule has 1 aliphatic carbocycles. The molecule has 1 unspecified atom stereocenters. The van der Waals surface area contributed by atoms with Crippen LogP contribution >= 0.6 is 0 Å². The zero-order chi connectivity index (χ0) is 15.7. The summed E-state index contributed by atoms with van der Waals surface area (Å²) < 4.78 is 0. The topological polar surface area (TPSA) is 98.2 Å². The van der Waals surface area contributed by atoms with E-state index in [0.29, 0.717) is 5.95 Å². The predicted molar refractivity (Wildman–Crippen MR) is 83.8 cm³/mol. The summed E-state index contributed by atoms with van der Waals surface area (Å²) in [7, 11) is 1.90. The molecule has 1 atom stereocenters. The van der Waals surface area contributed by atoms with Crippen molar-refractivity contribution in [3.05, 3.63) is 51.7 Å². The molecule has 1 aliphatic rings. The van der Waals surface area contributed by atoms with Gasteiger partial charge in [0, 0.05) is 13.1 Å². The van der Waals surface area contributed by atoms with Gasteiger partial charge in [0.25, 0.3) is 0 Å². The molecule has 1 aromatic carbocycles. The second kappa shape index (κ2) is 5.59. The number of likely N-dealkylation sites (N-methyl/N-ethyl adjacent to an activating group) is 1. The van der Waals surface area contributed by atoms with E-state index in [0.717, 1.165) is 19.3 Å². The van der Waals surface area contributed by atoms with E-state index in [1.54, 1.807) is 0 Å². The van der Waals surface area contributed by atoms with E-state index in [9.17, 15) is 10.1 Å². The number of aryl methyl sites for hydroxylation is 1. The summed E-state index contributed by atoms with van der Waals surface area (Å²) >= 11 is 0. The van der Waals surface area contributed by atoms with E-state index < -0.39 is 4.92 Å². The highest BCUT2D eigenvalue weighted by Gasteiger charge is 2.24. The van der Waals surface area contributed by atoms with E-state index in [4.69, 9.17) is 5.73 Å². The third kappa shape index (κ3) is 2.57. The van der Waals surface area contributed by atoms with Gasteiger partial charge in [0.2, 0.25) is 11.8 Å². The SMILES string of the molecule is CN(c1ncc([N+](=O)[O-])c(N)n1)C1CCc2ccccc2C1. The average Bonchev–Trinajstić information content (AvgIpc) is 2.53. The molecular weight excluding hydrogens is 282 g/mol. The minimum absolute atomic E-state index is 0.0990. The summed E-state index contributed by atoms with van der Waals surface area (Å²) in [5, 5.41) is 10.8. The number of nitrogen functional groups attached to an aromatic ring is 1. The Kier molecular flexibility index (Phi) is 3.62. The monoisotopic (exact) mass is 299 g/mol. The molecule has 3 rings (SSSR count). The van der Waals surface area contributed by atoms with Crippen molar-refractivity contribution in [3.8, 4) is 0 Å². The molecule has 114 valence electrons. The molecule has 0 radical (unpaired) electrons. The van der Waals surface area contributed by atoms with Crippen molar-refractivity contribution in [2.24, 2.45) is 0 Å². The minimum Gasteiger partial charge on any atom is -0.378 e. The van der Waals surface area contributed by atoms with Gasteiger partial charge in [-0.15, -0.1) is 0 Å². The Morgan fingerprint density at radius 2 is 2.09 bits per heavy atom. The van der Waals surface area contributed by atoms with Gasteiger partial charge in [0.15, 0.2) is 0 Å². The van der Waals surface area contributed by atoms with Crippen LogP contribution in [0.2, 0.25) is 0 Å². The molecule has 2 aromatic rings. The van der Waals surface area contributed by atoms with Gasteiger partial charge in [-0.05, 0) is 30.4 Å². The smallest absolute Gasteiger partial charge is 0.329 e. The summed E-state index contributed by atoms with van der Waals surface area (Å²) in [6.45, 7) is 0. The number of nitrogens with zero attached hydrogens (tertiary/aromatic N) is 4. The summed E-state index contributed by atoms with van der Waals surface area (Å²) in [5.74, 6) is 0.325. The van der Waals surface area contributed by atoms with Crippen molar-refractivity contribution in [2.45, 2.75) is 25.3 Å². The molecule has 0 amide bonds. The Morgan fingerprint density at radius 1 is 1.36 bits per heavy atom. The van der Waals surface area contributed by atoms with Crippen molar-refractivity contribution in [1.29, 1.82) is 0 Å². The lowest BCUT2D eigenvalue weighted by atomic mass is 9.88. The molecule has 7 nitrogen and oxygen atoms in total. The van der Waals surface area contributed by atoms with Crippen molar-refractivity contribution in [1.82, 2.24) is 9.97 Å². The number of benzene rings is 1. The maximum absolute atomic E-state index is 10.8. The molecule has 2 N–H and O–H groups in total. The number of nitrogens with two attached hydrogens (primary N) is 1. The fourth-order valence-corrected chi connectivity index (χ4v) is 2.86. The first-order chi connectivity index (χ1) is 10.6. The van der Waals surface area contributed by atoms with Crippen LogP contribution < -0.4 is 10.6 Å². The van der Waals surface area contributed by atoms with Gasteiger partial charge in [0.1, 0.15) is 6.20 Å². The Hall–Kier alpha value is -2.70. The molecule has 0 saturated heterocycles. The largest absolute Gasteiger partial charge is 0.378 e. The molecule has 0 spiro atoms. The summed E-state index contributed by atoms with van der Waals surface area (Å²) in [6.07, 6.45) is 4.08. The molecule has 22 heavy (non-hydrogen) atoms. The van der Waals surface area contributed by atoms with Gasteiger partial charge in [-0.1, -0.05) is 24.3 Å². The molecular formula is C15H17N5O2. The first kappa shape index (κ1) is 14.2. The number of rotatable bonds is 3. The quantitative estimate of drug-likeness (QED) is 0.687. The lowest BCUT2D eigenvalue weighted by Crippen LogP contribution is -2.37. The fourth-order valence-electron chi connectivity index (χ4n) is 2.86. The molecule has 1 heterocycles. The number of hydrogen-bond donors (Lipinski definition) is 1. The summed E-state index contributed by atoms with van der Waals surface area (Å²) in [6, 6.07) is 8.66. The van der Waals surface area contributed by atoms with Gasteiger partial charge in [-0.2, -0.15) is 4.98 Å². The van der Waals surface area contributed by atoms with Gasteiger partial charge < -0.3 is 10.6 Å². The molecule has 0 fully saturated rings.